The van der Waals surface area contributed by atoms with Gasteiger partial charge in [0, 0.05) is 55.1 Å². The molecule has 302 valence electrons. The minimum absolute atomic E-state index is 0.0171. The van der Waals surface area contributed by atoms with Crippen LogP contribution in [0.3, 0.4) is 0 Å². The van der Waals surface area contributed by atoms with E-state index in [4.69, 9.17) is 4.42 Å². The third kappa shape index (κ3) is 5.57. The molecular formula is C57H55BN2O. The molecule has 0 unspecified atom stereocenters. The van der Waals surface area contributed by atoms with Crippen LogP contribution in [0, 0.1) is 0 Å². The molecule has 1 N–H and O–H groups in total. The monoisotopic (exact) mass is 794 g/mol. The molecule has 0 spiro atoms. The van der Waals surface area contributed by atoms with Crippen molar-refractivity contribution < 1.29 is 4.42 Å². The van der Waals surface area contributed by atoms with Crippen LogP contribution in [0.5, 0.6) is 0 Å². The maximum absolute atomic E-state index is 7.25. The highest BCUT2D eigenvalue weighted by Gasteiger charge is 2.39. The largest absolute Gasteiger partial charge is 0.455 e. The smallest absolute Gasteiger partial charge is 0.198 e. The zero-order valence-corrected chi connectivity index (χ0v) is 37.6. The Morgan fingerprint density at radius 1 is 0.574 bits per heavy atom. The van der Waals surface area contributed by atoms with Crippen molar-refractivity contribution in [3.63, 3.8) is 0 Å². The molecule has 1 aliphatic heterocycles. The van der Waals surface area contributed by atoms with E-state index in [0.717, 1.165) is 40.8 Å². The van der Waals surface area contributed by atoms with Crippen LogP contribution in [0.1, 0.15) is 104 Å². The first-order valence-corrected chi connectivity index (χ1v) is 22.1. The summed E-state index contributed by atoms with van der Waals surface area (Å²) in [6.07, 6.45) is 0. The fraction of sp³-hybridized carbons (Fsp3) is 0.263. The van der Waals surface area contributed by atoms with Gasteiger partial charge in [-0.05, 0) is 109 Å². The Labute approximate surface area is 361 Å². The number of para-hydroxylation sites is 1. The highest BCUT2D eigenvalue weighted by molar-refractivity contribution is 6.74. The number of nitrogens with zero attached hydrogens (tertiary/aromatic N) is 1. The zero-order valence-electron chi connectivity index (χ0n) is 37.6. The molecule has 3 heterocycles. The summed E-state index contributed by atoms with van der Waals surface area (Å²) >= 11 is 0. The number of fused-ring (bicyclic) bond motifs is 12. The second-order valence-electron chi connectivity index (χ2n) is 21.5. The Bertz CT molecular complexity index is 3320. The van der Waals surface area contributed by atoms with E-state index in [1.54, 1.807) is 0 Å². The molecular weight excluding hydrogens is 739 g/mol. The van der Waals surface area contributed by atoms with Gasteiger partial charge in [-0.15, -0.1) is 0 Å². The van der Waals surface area contributed by atoms with E-state index < -0.39 is 0 Å². The fourth-order valence-corrected chi connectivity index (χ4v) is 10.6. The van der Waals surface area contributed by atoms with Crippen LogP contribution in [0.4, 0.5) is 11.4 Å². The standard InChI is InChI=1S/C57H55BN2O/c1-54(2,3)32-20-24-35(25-21-32)59-44-26-22-33(55(4,5)6)28-39(44)50-51-52-48(49-37-17-13-15-19-47(37)61-53(49)50)40-29-34(56(7,8)9)23-27-45(40)60(52)46-31-42-38(30-43(46)58-51)36-16-12-14-18-41(36)57(42,10)11/h12-31,58-59H,1-11H3. The molecule has 0 amide bonds. The summed E-state index contributed by atoms with van der Waals surface area (Å²) in [5, 5.41) is 8.85. The van der Waals surface area contributed by atoms with E-state index in [2.05, 4.69) is 207 Å². The molecule has 0 saturated heterocycles. The lowest BCUT2D eigenvalue weighted by atomic mass is 9.58. The van der Waals surface area contributed by atoms with E-state index in [9.17, 15) is 0 Å². The molecule has 9 aromatic rings. The minimum Gasteiger partial charge on any atom is -0.455 e. The molecule has 11 rings (SSSR count). The number of hydrogen-bond acceptors (Lipinski definition) is 2. The summed E-state index contributed by atoms with van der Waals surface area (Å²) in [7, 11) is 0.784. The van der Waals surface area contributed by atoms with Crippen LogP contribution in [0.15, 0.2) is 126 Å². The van der Waals surface area contributed by atoms with E-state index >= 15 is 0 Å². The summed E-state index contributed by atoms with van der Waals surface area (Å²) in [5.74, 6) is 0. The minimum atomic E-state index is -0.113. The van der Waals surface area contributed by atoms with Gasteiger partial charge < -0.3 is 14.3 Å². The number of aromatic nitrogens is 1. The molecule has 7 aromatic carbocycles. The first-order valence-electron chi connectivity index (χ1n) is 22.1. The maximum atomic E-state index is 7.25. The van der Waals surface area contributed by atoms with Crippen LogP contribution in [0.25, 0.3) is 71.7 Å². The number of hydrogen-bond donors (Lipinski definition) is 1. The van der Waals surface area contributed by atoms with Gasteiger partial charge in [-0.25, -0.2) is 0 Å². The van der Waals surface area contributed by atoms with Gasteiger partial charge in [-0.2, -0.15) is 0 Å². The molecule has 2 aliphatic rings. The number of nitrogens with one attached hydrogen (secondary N) is 1. The van der Waals surface area contributed by atoms with Crippen molar-refractivity contribution in [1.29, 1.82) is 0 Å². The number of rotatable bonds is 3. The Hall–Kier alpha value is -6.00. The Balaban J connectivity index is 1.29. The van der Waals surface area contributed by atoms with Gasteiger partial charge in [-0.1, -0.05) is 154 Å². The number of furan rings is 1. The van der Waals surface area contributed by atoms with Crippen molar-refractivity contribution in [3.8, 4) is 27.9 Å². The Kier molecular flexibility index (Phi) is 7.80. The van der Waals surface area contributed by atoms with Gasteiger partial charge in [0.15, 0.2) is 7.28 Å². The van der Waals surface area contributed by atoms with E-state index in [0.29, 0.717) is 0 Å². The van der Waals surface area contributed by atoms with Gasteiger partial charge in [0.2, 0.25) is 0 Å². The number of benzene rings is 7. The van der Waals surface area contributed by atoms with Crippen LogP contribution in [-0.4, -0.2) is 11.8 Å². The van der Waals surface area contributed by atoms with Crippen LogP contribution in [-0.2, 0) is 21.7 Å². The molecule has 3 nitrogen and oxygen atoms in total. The van der Waals surface area contributed by atoms with Crippen molar-refractivity contribution in [1.82, 2.24) is 4.57 Å². The SMILES string of the molecule is CC(C)(C)c1ccc(Nc2ccc(C(C)(C)C)cc2-c2c3c4c(c5cc(C(C)(C)C)ccc5n4-c4cc5c(cc4B3)-c3ccccc3C5(C)C)c3c2oc2ccccc23)cc1. The lowest BCUT2D eigenvalue weighted by Crippen LogP contribution is -2.38. The average Bonchev–Trinajstić information content (AvgIpc) is 3.83. The summed E-state index contributed by atoms with van der Waals surface area (Å²) < 4.78 is 9.88. The van der Waals surface area contributed by atoms with Crippen LogP contribution in [0.2, 0.25) is 0 Å². The first kappa shape index (κ1) is 38.0. The summed E-state index contributed by atoms with van der Waals surface area (Å²) in [5.41, 5.74) is 22.1. The van der Waals surface area contributed by atoms with Crippen molar-refractivity contribution >= 4 is 73.3 Å². The topological polar surface area (TPSA) is 30.1 Å². The van der Waals surface area contributed by atoms with Gasteiger partial charge in [-0.3, -0.25) is 0 Å². The average molecular weight is 795 g/mol. The lowest BCUT2D eigenvalue weighted by molar-refractivity contribution is 0.590. The normalized spacial score (nSPS) is 14.4. The van der Waals surface area contributed by atoms with E-state index in [-0.39, 0.29) is 21.7 Å². The summed E-state index contributed by atoms with van der Waals surface area (Å²) in [6, 6.07) is 46.0. The second-order valence-corrected chi connectivity index (χ2v) is 21.5. The van der Waals surface area contributed by atoms with Crippen molar-refractivity contribution in [2.75, 3.05) is 5.32 Å². The molecule has 0 bridgehead atoms. The quantitative estimate of drug-likeness (QED) is 0.181. The third-order valence-corrected chi connectivity index (χ3v) is 14.1. The van der Waals surface area contributed by atoms with Gasteiger partial charge in [0.1, 0.15) is 11.2 Å². The van der Waals surface area contributed by atoms with Crippen molar-refractivity contribution in [2.45, 2.75) is 97.8 Å². The predicted octanol–water partition coefficient (Wildman–Crippen LogP) is 14.0. The zero-order chi connectivity index (χ0) is 42.5. The Morgan fingerprint density at radius 3 is 1.97 bits per heavy atom. The van der Waals surface area contributed by atoms with Crippen molar-refractivity contribution in [3.05, 3.63) is 149 Å². The van der Waals surface area contributed by atoms with Gasteiger partial charge >= 0.3 is 0 Å². The third-order valence-electron chi connectivity index (χ3n) is 14.1. The molecule has 61 heavy (non-hydrogen) atoms. The lowest BCUT2D eigenvalue weighted by Gasteiger charge is -2.28. The molecule has 2 aromatic heterocycles. The maximum Gasteiger partial charge on any atom is 0.198 e. The summed E-state index contributed by atoms with van der Waals surface area (Å²) in [4.78, 5) is 0. The fourth-order valence-electron chi connectivity index (χ4n) is 10.6. The second kappa shape index (κ2) is 12.5. The van der Waals surface area contributed by atoms with Crippen LogP contribution >= 0.6 is 0 Å². The molecule has 0 atom stereocenters. The summed E-state index contributed by atoms with van der Waals surface area (Å²) in [6.45, 7) is 25.5. The molecule has 0 fully saturated rings. The molecule has 0 radical (unpaired) electrons. The highest BCUT2D eigenvalue weighted by atomic mass is 16.3. The van der Waals surface area contributed by atoms with Crippen molar-refractivity contribution in [2.24, 2.45) is 0 Å². The van der Waals surface area contributed by atoms with Crippen LogP contribution < -0.4 is 16.2 Å². The molecule has 1 aliphatic carbocycles. The van der Waals surface area contributed by atoms with E-state index in [1.807, 2.05) is 0 Å². The van der Waals surface area contributed by atoms with Gasteiger partial charge in [0.05, 0.1) is 11.0 Å². The Morgan fingerprint density at radius 2 is 1.23 bits per heavy atom. The van der Waals surface area contributed by atoms with Gasteiger partial charge in [0.25, 0.3) is 0 Å². The predicted molar refractivity (Wildman–Crippen MR) is 263 cm³/mol. The highest BCUT2D eigenvalue weighted by Crippen LogP contribution is 2.51. The molecule has 0 saturated carbocycles. The number of anilines is 2. The van der Waals surface area contributed by atoms with E-state index in [1.165, 1.54) is 88.3 Å². The molecule has 4 heteroatoms. The first-order chi connectivity index (χ1) is 28.9.